The number of rotatable bonds is 8. The highest BCUT2D eigenvalue weighted by atomic mass is 16.4. The molecule has 0 aliphatic heterocycles. The van der Waals surface area contributed by atoms with E-state index >= 15 is 0 Å². The van der Waals surface area contributed by atoms with Crippen LogP contribution in [0.3, 0.4) is 0 Å². The van der Waals surface area contributed by atoms with E-state index in [4.69, 9.17) is 0 Å². The summed E-state index contributed by atoms with van der Waals surface area (Å²) < 4.78 is 0. The van der Waals surface area contributed by atoms with Crippen LogP contribution in [0, 0.1) is 11.8 Å². The van der Waals surface area contributed by atoms with Crippen LogP contribution in [0.1, 0.15) is 60.8 Å². The smallest absolute Gasteiger partial charge is 0.176 e. The predicted molar refractivity (Wildman–Crippen MR) is 102 cm³/mol. The SMILES string of the molecule is CCC(C)C(=O)C1=C(O)[C@@](O)([C@H](O)CC=C(C)C)[C@H](CC=C(C)C)C1=O. The minimum Gasteiger partial charge on any atom is -0.508 e. The fourth-order valence-electron chi connectivity index (χ4n) is 3.08. The van der Waals surface area contributed by atoms with Crippen molar-refractivity contribution >= 4 is 11.6 Å². The molecule has 0 bridgehead atoms. The molecule has 0 amide bonds. The van der Waals surface area contributed by atoms with E-state index in [1.807, 2.05) is 34.6 Å². The Morgan fingerprint density at radius 2 is 1.73 bits per heavy atom. The van der Waals surface area contributed by atoms with Crippen LogP contribution < -0.4 is 0 Å². The average molecular weight is 364 g/mol. The van der Waals surface area contributed by atoms with Gasteiger partial charge in [-0.25, -0.2) is 0 Å². The summed E-state index contributed by atoms with van der Waals surface area (Å²) in [6.45, 7) is 10.9. The zero-order valence-electron chi connectivity index (χ0n) is 16.7. The van der Waals surface area contributed by atoms with Gasteiger partial charge in [0.2, 0.25) is 0 Å². The van der Waals surface area contributed by atoms with Crippen molar-refractivity contribution in [3.8, 4) is 0 Å². The number of carbonyl (C=O) groups excluding carboxylic acids is 2. The monoisotopic (exact) mass is 364 g/mol. The molecule has 0 heterocycles. The Kier molecular flexibility index (Phi) is 7.54. The number of aliphatic hydroxyl groups excluding tert-OH is 2. The van der Waals surface area contributed by atoms with Crippen LogP contribution in [0.2, 0.25) is 0 Å². The van der Waals surface area contributed by atoms with Crippen molar-refractivity contribution in [1.82, 2.24) is 0 Å². The van der Waals surface area contributed by atoms with E-state index < -0.39 is 40.9 Å². The van der Waals surface area contributed by atoms with Crippen LogP contribution in [0.25, 0.3) is 0 Å². The number of hydrogen-bond acceptors (Lipinski definition) is 5. The van der Waals surface area contributed by atoms with Crippen LogP contribution >= 0.6 is 0 Å². The Morgan fingerprint density at radius 3 is 2.19 bits per heavy atom. The van der Waals surface area contributed by atoms with E-state index in [9.17, 15) is 24.9 Å². The van der Waals surface area contributed by atoms with Crippen molar-refractivity contribution in [1.29, 1.82) is 0 Å². The van der Waals surface area contributed by atoms with Gasteiger partial charge in [-0.2, -0.15) is 0 Å². The predicted octanol–water partition coefficient (Wildman–Crippen LogP) is 3.42. The molecule has 3 N–H and O–H groups in total. The van der Waals surface area contributed by atoms with E-state index in [0.29, 0.717) is 6.42 Å². The van der Waals surface area contributed by atoms with Gasteiger partial charge in [0, 0.05) is 5.92 Å². The van der Waals surface area contributed by atoms with Crippen molar-refractivity contribution in [3.63, 3.8) is 0 Å². The van der Waals surface area contributed by atoms with Crippen molar-refractivity contribution in [3.05, 3.63) is 34.6 Å². The van der Waals surface area contributed by atoms with E-state index in [1.54, 1.807) is 19.1 Å². The van der Waals surface area contributed by atoms with Gasteiger partial charge in [0.25, 0.3) is 0 Å². The van der Waals surface area contributed by atoms with Gasteiger partial charge >= 0.3 is 0 Å². The molecular weight excluding hydrogens is 332 g/mol. The molecule has 146 valence electrons. The van der Waals surface area contributed by atoms with Gasteiger partial charge in [-0.3, -0.25) is 9.59 Å². The second-order valence-electron chi connectivity index (χ2n) is 7.69. The highest BCUT2D eigenvalue weighted by Crippen LogP contribution is 2.43. The molecule has 0 saturated heterocycles. The maximum atomic E-state index is 12.9. The third-order valence-electron chi connectivity index (χ3n) is 5.04. The summed E-state index contributed by atoms with van der Waals surface area (Å²) in [6, 6.07) is 0. The molecular formula is C21H32O5. The number of aliphatic hydroxyl groups is 3. The Hall–Kier alpha value is -1.72. The zero-order chi connectivity index (χ0) is 20.2. The highest BCUT2D eigenvalue weighted by Gasteiger charge is 2.58. The first-order valence-electron chi connectivity index (χ1n) is 9.17. The maximum Gasteiger partial charge on any atom is 0.176 e. The van der Waals surface area contributed by atoms with Crippen molar-refractivity contribution in [2.75, 3.05) is 0 Å². The van der Waals surface area contributed by atoms with Gasteiger partial charge in [-0.05, 0) is 47.0 Å². The van der Waals surface area contributed by atoms with Gasteiger partial charge in [-0.1, -0.05) is 37.1 Å². The van der Waals surface area contributed by atoms with Gasteiger partial charge in [0.05, 0.1) is 12.0 Å². The van der Waals surface area contributed by atoms with Crippen LogP contribution in [-0.2, 0) is 9.59 Å². The molecule has 0 aromatic rings. The quantitative estimate of drug-likeness (QED) is 0.453. The fraction of sp³-hybridized carbons (Fsp3) is 0.619. The van der Waals surface area contributed by atoms with Crippen LogP contribution in [0.15, 0.2) is 34.6 Å². The van der Waals surface area contributed by atoms with E-state index in [-0.39, 0.29) is 18.4 Å². The van der Waals surface area contributed by atoms with Crippen LogP contribution in [-0.4, -0.2) is 38.6 Å². The minimum absolute atomic E-state index is 0.0757. The molecule has 0 aromatic heterocycles. The Labute approximate surface area is 156 Å². The molecule has 1 rings (SSSR count). The van der Waals surface area contributed by atoms with Crippen molar-refractivity contribution < 1.29 is 24.9 Å². The first-order chi connectivity index (χ1) is 12.0. The second kappa shape index (κ2) is 8.78. The molecule has 4 atom stereocenters. The van der Waals surface area contributed by atoms with Crippen molar-refractivity contribution in [2.24, 2.45) is 11.8 Å². The first kappa shape index (κ1) is 22.3. The third-order valence-corrected chi connectivity index (χ3v) is 5.04. The van der Waals surface area contributed by atoms with Gasteiger partial charge in [-0.15, -0.1) is 0 Å². The van der Waals surface area contributed by atoms with Crippen LogP contribution in [0.5, 0.6) is 0 Å². The first-order valence-corrected chi connectivity index (χ1v) is 9.17. The summed E-state index contributed by atoms with van der Waals surface area (Å²) in [4.78, 5) is 25.5. The number of hydrogen-bond donors (Lipinski definition) is 3. The average Bonchev–Trinajstić information content (AvgIpc) is 2.76. The van der Waals surface area contributed by atoms with E-state index in [2.05, 4.69) is 0 Å². The van der Waals surface area contributed by atoms with Gasteiger partial charge in [0.1, 0.15) is 11.3 Å². The molecule has 5 heteroatoms. The van der Waals surface area contributed by atoms with E-state index in [1.165, 1.54) is 0 Å². The zero-order valence-corrected chi connectivity index (χ0v) is 16.7. The number of allylic oxidation sites excluding steroid dienone is 4. The van der Waals surface area contributed by atoms with Gasteiger partial charge < -0.3 is 15.3 Å². The lowest BCUT2D eigenvalue weighted by atomic mass is 9.80. The molecule has 0 radical (unpaired) electrons. The Bertz CT molecular complexity index is 647. The molecule has 0 fully saturated rings. The topological polar surface area (TPSA) is 94.8 Å². The lowest BCUT2D eigenvalue weighted by Gasteiger charge is -2.33. The molecule has 1 unspecified atom stereocenters. The lowest BCUT2D eigenvalue weighted by Crippen LogP contribution is -2.49. The van der Waals surface area contributed by atoms with Gasteiger partial charge in [0.15, 0.2) is 17.2 Å². The summed E-state index contributed by atoms with van der Waals surface area (Å²) >= 11 is 0. The molecule has 26 heavy (non-hydrogen) atoms. The third kappa shape index (κ3) is 4.33. The normalized spacial score (nSPS) is 25.1. The van der Waals surface area contributed by atoms with E-state index in [0.717, 1.165) is 11.1 Å². The summed E-state index contributed by atoms with van der Waals surface area (Å²) in [5.41, 5.74) is -0.629. The lowest BCUT2D eigenvalue weighted by molar-refractivity contribution is -0.134. The summed E-state index contributed by atoms with van der Waals surface area (Å²) in [6.07, 6.45) is 2.84. The molecule has 0 spiro atoms. The Balaban J connectivity index is 3.43. The summed E-state index contributed by atoms with van der Waals surface area (Å²) in [7, 11) is 0. The molecule has 0 saturated carbocycles. The molecule has 0 aromatic carbocycles. The summed E-state index contributed by atoms with van der Waals surface area (Å²) in [5, 5.41) is 32.4. The second-order valence-corrected chi connectivity index (χ2v) is 7.69. The maximum absolute atomic E-state index is 12.9. The summed E-state index contributed by atoms with van der Waals surface area (Å²) in [5.74, 6) is -3.29. The van der Waals surface area contributed by atoms with Crippen molar-refractivity contribution in [2.45, 2.75) is 72.5 Å². The molecule has 1 aliphatic carbocycles. The standard InChI is InChI=1S/C21H32O5/c1-7-14(6)18(23)17-19(24)15(10-8-12(2)3)21(26,20(17)25)16(22)11-9-13(4)5/h8-9,14-16,22,25-26H,7,10-11H2,1-6H3/t14?,15-,16-,21+/m1/s1. The highest BCUT2D eigenvalue weighted by molar-refractivity contribution is 6.24. The largest absolute Gasteiger partial charge is 0.508 e. The molecule has 5 nitrogen and oxygen atoms in total. The number of carbonyl (C=O) groups is 2. The number of ketones is 2. The minimum atomic E-state index is -2.16. The Morgan fingerprint density at radius 1 is 1.19 bits per heavy atom. The fourth-order valence-corrected chi connectivity index (χ4v) is 3.08. The number of Topliss-reactive ketones (excluding diaryl/α,β-unsaturated/α-hetero) is 2. The molecule has 1 aliphatic rings. The van der Waals surface area contributed by atoms with Crippen LogP contribution in [0.4, 0.5) is 0 Å².